The van der Waals surface area contributed by atoms with Gasteiger partial charge >= 0.3 is 0 Å². The second-order valence-corrected chi connectivity index (χ2v) is 3.99. The van der Waals surface area contributed by atoms with Crippen LogP contribution in [0.4, 0.5) is 0 Å². The van der Waals surface area contributed by atoms with Gasteiger partial charge < -0.3 is 4.74 Å². The number of nitriles is 1. The molecule has 1 aliphatic carbocycles. The molecule has 1 aromatic rings. The summed E-state index contributed by atoms with van der Waals surface area (Å²) < 4.78 is 5.79. The van der Waals surface area contributed by atoms with E-state index in [9.17, 15) is 0 Å². The zero-order valence-corrected chi connectivity index (χ0v) is 9.39. The third-order valence-corrected chi connectivity index (χ3v) is 3.18. The van der Waals surface area contributed by atoms with E-state index >= 15 is 0 Å². The lowest BCUT2D eigenvalue weighted by molar-refractivity contribution is 0.393. The molecule has 0 amide bonds. The van der Waals surface area contributed by atoms with Gasteiger partial charge in [0.2, 0.25) is 5.88 Å². The largest absolute Gasteiger partial charge is 0.480 e. The second kappa shape index (κ2) is 3.58. The van der Waals surface area contributed by atoms with E-state index in [2.05, 4.69) is 27.0 Å². The highest BCUT2D eigenvalue weighted by atomic mass is 79.9. The fraction of sp³-hybridized carbons (Fsp3) is 0.400. The summed E-state index contributed by atoms with van der Waals surface area (Å²) in [5.74, 6) is 0.516. The molecule has 14 heavy (non-hydrogen) atoms. The fourth-order valence-corrected chi connectivity index (χ4v) is 2.36. The van der Waals surface area contributed by atoms with Crippen molar-refractivity contribution < 1.29 is 4.74 Å². The zero-order chi connectivity index (χ0) is 10.1. The van der Waals surface area contributed by atoms with Gasteiger partial charge in [0.25, 0.3) is 0 Å². The van der Waals surface area contributed by atoms with Crippen molar-refractivity contribution in [3.63, 3.8) is 0 Å². The molecule has 0 unspecified atom stereocenters. The smallest absolute Gasteiger partial charge is 0.229 e. The maximum Gasteiger partial charge on any atom is 0.229 e. The molecule has 0 saturated carbocycles. The number of hydrogen-bond acceptors (Lipinski definition) is 3. The van der Waals surface area contributed by atoms with E-state index in [0.29, 0.717) is 15.9 Å². The quantitative estimate of drug-likeness (QED) is 0.770. The molecule has 4 heteroatoms. The van der Waals surface area contributed by atoms with Gasteiger partial charge in [0.15, 0.2) is 0 Å². The van der Waals surface area contributed by atoms with Crippen LogP contribution < -0.4 is 4.74 Å². The topological polar surface area (TPSA) is 45.9 Å². The van der Waals surface area contributed by atoms with Crippen molar-refractivity contribution >= 4 is 15.9 Å². The molecule has 0 saturated heterocycles. The minimum Gasteiger partial charge on any atom is -0.480 e. The van der Waals surface area contributed by atoms with E-state index in [0.717, 1.165) is 30.5 Å². The molecule has 3 nitrogen and oxygen atoms in total. The van der Waals surface area contributed by atoms with E-state index < -0.39 is 0 Å². The van der Waals surface area contributed by atoms with Crippen molar-refractivity contribution in [2.24, 2.45) is 0 Å². The number of halogens is 1. The van der Waals surface area contributed by atoms with Gasteiger partial charge in [-0.05, 0) is 40.8 Å². The maximum atomic E-state index is 9.04. The Balaban J connectivity index is 2.68. The molecule has 2 rings (SSSR count). The standard InChI is InChI=1S/C10H9BrN2O/c1-14-10-9(11)7(5-12)6-3-2-4-8(6)13-10/h2-4H2,1H3. The summed E-state index contributed by atoms with van der Waals surface area (Å²) in [7, 11) is 1.57. The van der Waals surface area contributed by atoms with Crippen molar-refractivity contribution in [1.82, 2.24) is 4.98 Å². The number of methoxy groups -OCH3 is 1. The summed E-state index contributed by atoms with van der Waals surface area (Å²) in [6, 6.07) is 2.20. The van der Waals surface area contributed by atoms with Gasteiger partial charge in [-0.25, -0.2) is 4.98 Å². The molecule has 0 radical (unpaired) electrons. The lowest BCUT2D eigenvalue weighted by atomic mass is 10.1. The number of ether oxygens (including phenoxy) is 1. The molecule has 0 atom stereocenters. The Kier molecular flexibility index (Phi) is 2.42. The van der Waals surface area contributed by atoms with Crippen molar-refractivity contribution in [2.45, 2.75) is 19.3 Å². The molecule has 72 valence electrons. The predicted molar refractivity (Wildman–Crippen MR) is 55.2 cm³/mol. The SMILES string of the molecule is COc1nc2c(c(C#N)c1Br)CCC2. The lowest BCUT2D eigenvalue weighted by Gasteiger charge is -2.08. The van der Waals surface area contributed by atoms with Crippen molar-refractivity contribution in [3.05, 3.63) is 21.3 Å². The van der Waals surface area contributed by atoms with Gasteiger partial charge in [0.1, 0.15) is 6.07 Å². The van der Waals surface area contributed by atoms with Gasteiger partial charge in [-0.3, -0.25) is 0 Å². The Bertz CT molecular complexity index is 422. The molecule has 0 spiro atoms. The van der Waals surface area contributed by atoms with E-state index in [4.69, 9.17) is 10.00 Å². The van der Waals surface area contributed by atoms with Crippen molar-refractivity contribution in [3.8, 4) is 11.9 Å². The highest BCUT2D eigenvalue weighted by Gasteiger charge is 2.21. The maximum absolute atomic E-state index is 9.04. The zero-order valence-electron chi connectivity index (χ0n) is 7.80. The monoisotopic (exact) mass is 252 g/mol. The highest BCUT2D eigenvalue weighted by molar-refractivity contribution is 9.10. The molecule has 0 N–H and O–H groups in total. The number of rotatable bonds is 1. The number of aryl methyl sites for hydroxylation is 1. The minimum atomic E-state index is 0.516. The normalized spacial score (nSPS) is 13.5. The number of aromatic nitrogens is 1. The first-order valence-corrected chi connectivity index (χ1v) is 5.22. The third-order valence-electron chi connectivity index (χ3n) is 2.44. The summed E-state index contributed by atoms with van der Waals surface area (Å²) in [5, 5.41) is 9.04. The molecule has 0 fully saturated rings. The van der Waals surface area contributed by atoms with Crippen LogP contribution in [0, 0.1) is 11.3 Å². The van der Waals surface area contributed by atoms with Crippen molar-refractivity contribution in [1.29, 1.82) is 5.26 Å². The minimum absolute atomic E-state index is 0.516. The van der Waals surface area contributed by atoms with E-state index in [1.165, 1.54) is 0 Å². The molecular weight excluding hydrogens is 244 g/mol. The summed E-state index contributed by atoms with van der Waals surface area (Å²) in [6.07, 6.45) is 2.98. The molecule has 0 bridgehead atoms. The Morgan fingerprint density at radius 2 is 2.29 bits per heavy atom. The van der Waals surface area contributed by atoms with Crippen molar-refractivity contribution in [2.75, 3.05) is 7.11 Å². The van der Waals surface area contributed by atoms with Crippen LogP contribution in [0.2, 0.25) is 0 Å². The molecular formula is C10H9BrN2O. The first-order chi connectivity index (χ1) is 6.77. The first-order valence-electron chi connectivity index (χ1n) is 4.43. The second-order valence-electron chi connectivity index (χ2n) is 3.20. The molecule has 0 aliphatic heterocycles. The van der Waals surface area contributed by atoms with Gasteiger partial charge in [-0.1, -0.05) is 0 Å². The van der Waals surface area contributed by atoms with Crippen LogP contribution >= 0.6 is 15.9 Å². The molecule has 1 aromatic heterocycles. The molecule has 1 heterocycles. The Labute approximate surface area is 90.8 Å². The van der Waals surface area contributed by atoms with Crippen LogP contribution in [0.25, 0.3) is 0 Å². The Hall–Kier alpha value is -1.08. The average molecular weight is 253 g/mol. The van der Waals surface area contributed by atoms with Crippen LogP contribution in [0.1, 0.15) is 23.2 Å². The first kappa shape index (κ1) is 9.47. The predicted octanol–water partition coefficient (Wildman–Crippen LogP) is 2.21. The van der Waals surface area contributed by atoms with Crippen LogP contribution in [0.15, 0.2) is 4.47 Å². The van der Waals surface area contributed by atoms with Gasteiger partial charge in [0.05, 0.1) is 17.1 Å². The number of hydrogen-bond donors (Lipinski definition) is 0. The fourth-order valence-electron chi connectivity index (χ4n) is 1.78. The van der Waals surface area contributed by atoms with Crippen LogP contribution in [-0.2, 0) is 12.8 Å². The highest BCUT2D eigenvalue weighted by Crippen LogP contribution is 2.34. The summed E-state index contributed by atoms with van der Waals surface area (Å²) in [4.78, 5) is 4.36. The Morgan fingerprint density at radius 1 is 1.50 bits per heavy atom. The summed E-state index contributed by atoms with van der Waals surface area (Å²) in [6.45, 7) is 0. The van der Waals surface area contributed by atoms with E-state index in [1.54, 1.807) is 7.11 Å². The molecule has 0 aromatic carbocycles. The number of fused-ring (bicyclic) bond motifs is 1. The van der Waals surface area contributed by atoms with Gasteiger partial charge in [-0.15, -0.1) is 0 Å². The van der Waals surface area contributed by atoms with Gasteiger partial charge in [0, 0.05) is 5.69 Å². The Morgan fingerprint density at radius 3 is 2.93 bits per heavy atom. The lowest BCUT2D eigenvalue weighted by Crippen LogP contribution is -1.99. The number of pyridine rings is 1. The van der Waals surface area contributed by atoms with Gasteiger partial charge in [-0.2, -0.15) is 5.26 Å². The molecule has 1 aliphatic rings. The number of nitrogens with zero attached hydrogens (tertiary/aromatic N) is 2. The van der Waals surface area contributed by atoms with Crippen LogP contribution in [0.3, 0.4) is 0 Å². The van der Waals surface area contributed by atoms with E-state index in [1.807, 2.05) is 0 Å². The van der Waals surface area contributed by atoms with E-state index in [-0.39, 0.29) is 0 Å². The summed E-state index contributed by atoms with van der Waals surface area (Å²) in [5.41, 5.74) is 2.78. The van der Waals surface area contributed by atoms with Crippen LogP contribution in [-0.4, -0.2) is 12.1 Å². The van der Waals surface area contributed by atoms with Crippen LogP contribution in [0.5, 0.6) is 5.88 Å². The third kappa shape index (κ3) is 1.28. The summed E-state index contributed by atoms with van der Waals surface area (Å²) >= 11 is 3.35. The average Bonchev–Trinajstić information content (AvgIpc) is 2.64.